The first kappa shape index (κ1) is 12.2. The Balaban J connectivity index is 2.11. The predicted molar refractivity (Wildman–Crippen MR) is 71.9 cm³/mol. The Hall–Kier alpha value is -2.89. The minimum atomic E-state index is -1.07. The number of carboxylic acid groups (broad SMARTS) is 1. The second-order valence-electron chi connectivity index (χ2n) is 4.18. The van der Waals surface area contributed by atoms with E-state index in [4.69, 9.17) is 9.84 Å². The fourth-order valence-electron chi connectivity index (χ4n) is 1.99. The van der Waals surface area contributed by atoms with Gasteiger partial charge in [0.05, 0.1) is 18.3 Å². The summed E-state index contributed by atoms with van der Waals surface area (Å²) in [6, 6.07) is 10.9. The molecule has 0 atom stereocenters. The number of hydrogen-bond donors (Lipinski definition) is 1. The van der Waals surface area contributed by atoms with Crippen molar-refractivity contribution in [1.82, 2.24) is 14.6 Å². The molecule has 0 radical (unpaired) electrons. The van der Waals surface area contributed by atoms with Crippen molar-refractivity contribution in [3.8, 4) is 17.0 Å². The van der Waals surface area contributed by atoms with E-state index >= 15 is 0 Å². The maximum Gasteiger partial charge on any atom is 0.356 e. The Morgan fingerprint density at radius 2 is 2.15 bits per heavy atom. The lowest BCUT2D eigenvalue weighted by molar-refractivity contribution is 0.0693. The van der Waals surface area contributed by atoms with Gasteiger partial charge in [-0.15, -0.1) is 0 Å². The summed E-state index contributed by atoms with van der Waals surface area (Å²) in [5, 5.41) is 13.4. The lowest BCUT2D eigenvalue weighted by Crippen LogP contribution is -1.99. The van der Waals surface area contributed by atoms with Crippen molar-refractivity contribution in [2.75, 3.05) is 7.11 Å². The number of aromatic nitrogens is 3. The summed E-state index contributed by atoms with van der Waals surface area (Å²) in [6.07, 6.45) is 1.39. The second kappa shape index (κ2) is 4.65. The zero-order valence-electron chi connectivity index (χ0n) is 10.6. The normalized spacial score (nSPS) is 10.7. The minimum absolute atomic E-state index is 0.00491. The summed E-state index contributed by atoms with van der Waals surface area (Å²) in [6.45, 7) is 0. The van der Waals surface area contributed by atoms with Gasteiger partial charge in [-0.2, -0.15) is 5.10 Å². The van der Waals surface area contributed by atoms with E-state index < -0.39 is 5.97 Å². The first-order chi connectivity index (χ1) is 9.69. The molecule has 100 valence electrons. The number of methoxy groups -OCH3 is 1. The third-order valence-corrected chi connectivity index (χ3v) is 2.97. The van der Waals surface area contributed by atoms with Crippen molar-refractivity contribution >= 4 is 11.5 Å². The van der Waals surface area contributed by atoms with Gasteiger partial charge in [-0.25, -0.2) is 14.3 Å². The predicted octanol–water partition coefficient (Wildman–Crippen LogP) is 2.10. The molecule has 6 heteroatoms. The highest BCUT2D eigenvalue weighted by Gasteiger charge is 2.13. The first-order valence-electron chi connectivity index (χ1n) is 5.91. The van der Waals surface area contributed by atoms with Crippen molar-refractivity contribution in [2.45, 2.75) is 0 Å². The quantitative estimate of drug-likeness (QED) is 0.788. The second-order valence-corrected chi connectivity index (χ2v) is 4.18. The molecule has 0 saturated carbocycles. The SMILES string of the molecule is COc1cccc(-c2ccc3c(C(=O)O)ncn3n2)c1. The number of aromatic carboxylic acids is 1. The number of benzene rings is 1. The molecule has 0 amide bonds. The van der Waals surface area contributed by atoms with E-state index in [1.54, 1.807) is 19.2 Å². The molecule has 0 fully saturated rings. The van der Waals surface area contributed by atoms with Crippen LogP contribution in [0.2, 0.25) is 0 Å². The molecule has 0 aliphatic rings. The van der Waals surface area contributed by atoms with Gasteiger partial charge in [-0.05, 0) is 24.3 Å². The summed E-state index contributed by atoms with van der Waals surface area (Å²) in [5.41, 5.74) is 2.06. The van der Waals surface area contributed by atoms with Crippen LogP contribution in [0.1, 0.15) is 10.5 Å². The Labute approximate surface area is 114 Å². The van der Waals surface area contributed by atoms with Crippen molar-refractivity contribution < 1.29 is 14.6 Å². The van der Waals surface area contributed by atoms with Crippen molar-refractivity contribution in [3.05, 3.63) is 48.4 Å². The number of ether oxygens (including phenoxy) is 1. The van der Waals surface area contributed by atoms with E-state index in [0.29, 0.717) is 11.2 Å². The summed E-state index contributed by atoms with van der Waals surface area (Å²) < 4.78 is 6.63. The Morgan fingerprint density at radius 3 is 2.90 bits per heavy atom. The number of rotatable bonds is 3. The molecule has 0 aliphatic heterocycles. The average molecular weight is 269 g/mol. The zero-order chi connectivity index (χ0) is 14.1. The van der Waals surface area contributed by atoms with E-state index in [0.717, 1.165) is 11.3 Å². The smallest absolute Gasteiger partial charge is 0.356 e. The number of nitrogens with zero attached hydrogens (tertiary/aromatic N) is 3. The number of carbonyl (C=O) groups is 1. The maximum atomic E-state index is 11.0. The number of hydrogen-bond acceptors (Lipinski definition) is 4. The third-order valence-electron chi connectivity index (χ3n) is 2.97. The molecule has 3 aromatic rings. The molecule has 0 bridgehead atoms. The molecular weight excluding hydrogens is 258 g/mol. The third kappa shape index (κ3) is 1.97. The molecule has 0 saturated heterocycles. The van der Waals surface area contributed by atoms with Gasteiger partial charge in [0, 0.05) is 5.56 Å². The Bertz CT molecular complexity index is 795. The first-order valence-corrected chi connectivity index (χ1v) is 5.91. The highest BCUT2D eigenvalue weighted by Crippen LogP contribution is 2.22. The zero-order valence-corrected chi connectivity index (χ0v) is 10.6. The highest BCUT2D eigenvalue weighted by atomic mass is 16.5. The molecule has 2 aromatic heterocycles. The monoisotopic (exact) mass is 269 g/mol. The molecule has 1 aromatic carbocycles. The van der Waals surface area contributed by atoms with E-state index in [-0.39, 0.29) is 5.69 Å². The maximum absolute atomic E-state index is 11.0. The summed E-state index contributed by atoms with van der Waals surface area (Å²) in [7, 11) is 1.60. The molecule has 0 spiro atoms. The largest absolute Gasteiger partial charge is 0.497 e. The van der Waals surface area contributed by atoms with Crippen LogP contribution in [-0.2, 0) is 0 Å². The van der Waals surface area contributed by atoms with E-state index in [1.807, 2.05) is 24.3 Å². The van der Waals surface area contributed by atoms with Crippen LogP contribution in [0.5, 0.6) is 5.75 Å². The number of carboxylic acids is 1. The highest BCUT2D eigenvalue weighted by molar-refractivity contribution is 5.93. The Kier molecular flexibility index (Phi) is 2.83. The molecule has 20 heavy (non-hydrogen) atoms. The molecule has 3 rings (SSSR count). The van der Waals surface area contributed by atoms with E-state index in [9.17, 15) is 4.79 Å². The van der Waals surface area contributed by atoms with E-state index in [2.05, 4.69) is 10.1 Å². The molecule has 1 N–H and O–H groups in total. The van der Waals surface area contributed by atoms with Crippen LogP contribution in [-0.4, -0.2) is 32.8 Å². The van der Waals surface area contributed by atoms with Crippen molar-refractivity contribution in [2.24, 2.45) is 0 Å². The van der Waals surface area contributed by atoms with Gasteiger partial charge in [-0.3, -0.25) is 0 Å². The molecule has 0 aliphatic carbocycles. The van der Waals surface area contributed by atoms with Crippen LogP contribution in [0.4, 0.5) is 0 Å². The van der Waals surface area contributed by atoms with Gasteiger partial charge < -0.3 is 9.84 Å². The lowest BCUT2D eigenvalue weighted by atomic mass is 10.1. The number of fused-ring (bicyclic) bond motifs is 1. The van der Waals surface area contributed by atoms with Gasteiger partial charge >= 0.3 is 5.97 Å². The van der Waals surface area contributed by atoms with Crippen LogP contribution in [0, 0.1) is 0 Å². The van der Waals surface area contributed by atoms with Crippen molar-refractivity contribution in [1.29, 1.82) is 0 Å². The van der Waals surface area contributed by atoms with Gasteiger partial charge in [0.2, 0.25) is 0 Å². The fourth-order valence-corrected chi connectivity index (χ4v) is 1.99. The van der Waals surface area contributed by atoms with Crippen LogP contribution in [0.3, 0.4) is 0 Å². The average Bonchev–Trinajstić information content (AvgIpc) is 2.90. The fraction of sp³-hybridized carbons (Fsp3) is 0.0714. The van der Waals surface area contributed by atoms with Crippen LogP contribution in [0.15, 0.2) is 42.7 Å². The summed E-state index contributed by atoms with van der Waals surface area (Å²) in [4.78, 5) is 14.8. The standard InChI is InChI=1S/C14H11N3O3/c1-20-10-4-2-3-9(7-10)11-5-6-12-13(14(18)19)15-8-17(12)16-11/h2-8H,1H3,(H,18,19). The van der Waals surface area contributed by atoms with Crippen LogP contribution >= 0.6 is 0 Å². The van der Waals surface area contributed by atoms with Crippen molar-refractivity contribution in [3.63, 3.8) is 0 Å². The topological polar surface area (TPSA) is 76.7 Å². The molecule has 6 nitrogen and oxygen atoms in total. The van der Waals surface area contributed by atoms with Gasteiger partial charge in [0.1, 0.15) is 12.1 Å². The minimum Gasteiger partial charge on any atom is -0.497 e. The van der Waals surface area contributed by atoms with Gasteiger partial charge in [0.15, 0.2) is 5.69 Å². The number of imidazole rings is 1. The van der Waals surface area contributed by atoms with Gasteiger partial charge in [0.25, 0.3) is 0 Å². The van der Waals surface area contributed by atoms with E-state index in [1.165, 1.54) is 10.8 Å². The molecular formula is C14H11N3O3. The Morgan fingerprint density at radius 1 is 1.30 bits per heavy atom. The van der Waals surface area contributed by atoms with Gasteiger partial charge in [-0.1, -0.05) is 12.1 Å². The lowest BCUT2D eigenvalue weighted by Gasteiger charge is -2.04. The summed E-state index contributed by atoms with van der Waals surface area (Å²) in [5.74, 6) is -0.329. The van der Waals surface area contributed by atoms with Crippen LogP contribution in [0.25, 0.3) is 16.8 Å². The summed E-state index contributed by atoms with van der Waals surface area (Å²) >= 11 is 0. The molecule has 2 heterocycles. The molecule has 0 unspecified atom stereocenters. The van der Waals surface area contributed by atoms with Crippen LogP contribution < -0.4 is 4.74 Å².